The summed E-state index contributed by atoms with van der Waals surface area (Å²) in [7, 11) is 3.04. The van der Waals surface area contributed by atoms with Crippen molar-refractivity contribution in [1.29, 1.82) is 0 Å². The summed E-state index contributed by atoms with van der Waals surface area (Å²) < 4.78 is 25.0. The van der Waals surface area contributed by atoms with Crippen LogP contribution in [0.4, 0.5) is 4.39 Å². The highest BCUT2D eigenvalue weighted by Crippen LogP contribution is 2.37. The van der Waals surface area contributed by atoms with E-state index in [1.807, 2.05) is 0 Å². The third-order valence-electron chi connectivity index (χ3n) is 4.88. The number of ether oxygens (including phenoxy) is 2. The maximum absolute atomic E-state index is 13.7. The van der Waals surface area contributed by atoms with Crippen LogP contribution in [-0.4, -0.2) is 49.4 Å². The van der Waals surface area contributed by atoms with Crippen molar-refractivity contribution in [3.05, 3.63) is 23.6 Å². The number of nitrogens with zero attached hydrogens (tertiary/aromatic N) is 2. The molecule has 2 unspecified atom stereocenters. The third-order valence-corrected chi connectivity index (χ3v) is 4.88. The van der Waals surface area contributed by atoms with E-state index in [2.05, 4.69) is 4.98 Å². The molecule has 6 nitrogen and oxygen atoms in total. The molecule has 0 aromatic carbocycles. The molecular formula is C17H23FN2O4. The van der Waals surface area contributed by atoms with Crippen molar-refractivity contribution in [3.63, 3.8) is 0 Å². The van der Waals surface area contributed by atoms with Gasteiger partial charge in [-0.1, -0.05) is 0 Å². The van der Waals surface area contributed by atoms with Crippen molar-refractivity contribution in [2.45, 2.75) is 37.7 Å². The van der Waals surface area contributed by atoms with Gasteiger partial charge in [-0.15, -0.1) is 0 Å². The Morgan fingerprint density at radius 3 is 2.71 bits per heavy atom. The zero-order valence-electron chi connectivity index (χ0n) is 14.0. The van der Waals surface area contributed by atoms with Gasteiger partial charge in [0.05, 0.1) is 19.2 Å². The van der Waals surface area contributed by atoms with Crippen molar-refractivity contribution in [2.24, 2.45) is 5.92 Å². The molecule has 3 rings (SSSR count). The molecule has 2 fully saturated rings. The van der Waals surface area contributed by atoms with Gasteiger partial charge in [0.1, 0.15) is 11.9 Å². The van der Waals surface area contributed by atoms with Crippen LogP contribution in [0.2, 0.25) is 0 Å². The Labute approximate surface area is 140 Å². The predicted molar refractivity (Wildman–Crippen MR) is 83.9 cm³/mol. The second-order valence-electron chi connectivity index (χ2n) is 6.29. The van der Waals surface area contributed by atoms with Crippen LogP contribution in [0.5, 0.6) is 5.88 Å². The lowest BCUT2D eigenvalue weighted by Crippen LogP contribution is -2.47. The molecule has 132 valence electrons. The highest BCUT2D eigenvalue weighted by molar-refractivity contribution is 5.79. The molecule has 2 heterocycles. The summed E-state index contributed by atoms with van der Waals surface area (Å²) in [4.78, 5) is 21.3. The number of amides is 1. The quantitative estimate of drug-likeness (QED) is 0.771. The standard InChI is InChI=1S/C17H23FN2O4/c1-20(22-2)17(21)13-3-4-15(13)24-16-14(9-12(18)10-19-16)11-5-7-23-8-6-11/h9-11,13,15H,3-8H2,1-2H3. The fraction of sp³-hybridized carbons (Fsp3) is 0.647. The molecule has 2 atom stereocenters. The monoisotopic (exact) mass is 338 g/mol. The molecular weight excluding hydrogens is 315 g/mol. The highest BCUT2D eigenvalue weighted by atomic mass is 19.1. The van der Waals surface area contributed by atoms with Gasteiger partial charge in [0.15, 0.2) is 0 Å². The molecule has 7 heteroatoms. The third kappa shape index (κ3) is 3.52. The van der Waals surface area contributed by atoms with E-state index >= 15 is 0 Å². The molecule has 0 N–H and O–H groups in total. The van der Waals surface area contributed by atoms with Gasteiger partial charge in [0, 0.05) is 25.8 Å². The van der Waals surface area contributed by atoms with Crippen molar-refractivity contribution in [2.75, 3.05) is 27.4 Å². The van der Waals surface area contributed by atoms with Gasteiger partial charge in [-0.25, -0.2) is 14.4 Å². The van der Waals surface area contributed by atoms with E-state index in [0.717, 1.165) is 37.4 Å². The van der Waals surface area contributed by atoms with E-state index in [4.69, 9.17) is 14.3 Å². The molecule has 1 aromatic heterocycles. The number of hydroxylamine groups is 2. The number of hydrogen-bond acceptors (Lipinski definition) is 5. The number of carbonyl (C=O) groups is 1. The van der Waals surface area contributed by atoms with Crippen LogP contribution in [0.1, 0.15) is 37.2 Å². The summed E-state index contributed by atoms with van der Waals surface area (Å²) in [6, 6.07) is 1.50. The van der Waals surface area contributed by atoms with E-state index < -0.39 is 0 Å². The predicted octanol–water partition coefficient (Wildman–Crippen LogP) is 2.29. The Morgan fingerprint density at radius 1 is 1.33 bits per heavy atom. The van der Waals surface area contributed by atoms with Gasteiger partial charge in [0.2, 0.25) is 5.88 Å². The number of pyridine rings is 1. The summed E-state index contributed by atoms with van der Waals surface area (Å²) in [5.74, 6) is -0.115. The molecule has 1 saturated carbocycles. The van der Waals surface area contributed by atoms with Crippen LogP contribution in [-0.2, 0) is 14.4 Å². The van der Waals surface area contributed by atoms with Crippen LogP contribution in [0.3, 0.4) is 0 Å². The first-order valence-corrected chi connectivity index (χ1v) is 8.31. The molecule has 1 aromatic rings. The minimum atomic E-state index is -0.371. The molecule has 2 aliphatic rings. The topological polar surface area (TPSA) is 60.9 Å². The first-order chi connectivity index (χ1) is 11.6. The fourth-order valence-corrected chi connectivity index (χ4v) is 3.20. The minimum absolute atomic E-state index is 0.108. The summed E-state index contributed by atoms with van der Waals surface area (Å²) in [6.45, 7) is 1.31. The summed E-state index contributed by atoms with van der Waals surface area (Å²) in [5, 5.41) is 1.22. The highest BCUT2D eigenvalue weighted by Gasteiger charge is 2.41. The van der Waals surface area contributed by atoms with E-state index in [9.17, 15) is 9.18 Å². The van der Waals surface area contributed by atoms with Crippen molar-refractivity contribution < 1.29 is 23.5 Å². The average Bonchev–Trinajstić information content (AvgIpc) is 2.59. The Hall–Kier alpha value is -1.73. The molecule has 1 aliphatic carbocycles. The van der Waals surface area contributed by atoms with Crippen molar-refractivity contribution in [1.82, 2.24) is 10.0 Å². The summed E-state index contributed by atoms with van der Waals surface area (Å²) in [5.41, 5.74) is 0.775. The Kier molecular flexibility index (Phi) is 5.30. The molecule has 1 aliphatic heterocycles. The number of halogens is 1. The zero-order chi connectivity index (χ0) is 17.1. The Bertz CT molecular complexity index is 592. The first kappa shape index (κ1) is 17.1. The van der Waals surface area contributed by atoms with Gasteiger partial charge in [0.25, 0.3) is 5.91 Å². The second kappa shape index (κ2) is 7.44. The molecule has 1 saturated heterocycles. The zero-order valence-corrected chi connectivity index (χ0v) is 14.0. The van der Waals surface area contributed by atoms with Crippen LogP contribution in [0, 0.1) is 11.7 Å². The molecule has 0 spiro atoms. The lowest BCUT2D eigenvalue weighted by Gasteiger charge is -2.37. The maximum Gasteiger partial charge on any atom is 0.252 e. The van der Waals surface area contributed by atoms with Gasteiger partial charge in [-0.2, -0.15) is 0 Å². The number of hydrogen-bond donors (Lipinski definition) is 0. The minimum Gasteiger partial charge on any atom is -0.473 e. The normalized spacial score (nSPS) is 24.3. The maximum atomic E-state index is 13.7. The molecule has 0 bridgehead atoms. The van der Waals surface area contributed by atoms with E-state index in [1.54, 1.807) is 7.05 Å². The van der Waals surface area contributed by atoms with Gasteiger partial charge in [-0.3, -0.25) is 9.63 Å². The molecule has 24 heavy (non-hydrogen) atoms. The SMILES string of the molecule is CON(C)C(=O)C1CCC1Oc1ncc(F)cc1C1CCOCC1. The fourth-order valence-electron chi connectivity index (χ4n) is 3.20. The lowest BCUT2D eigenvalue weighted by molar-refractivity contribution is -0.181. The van der Waals surface area contributed by atoms with E-state index in [0.29, 0.717) is 19.1 Å². The van der Waals surface area contributed by atoms with Crippen molar-refractivity contribution >= 4 is 5.91 Å². The molecule has 0 radical (unpaired) electrons. The van der Waals surface area contributed by atoms with Gasteiger partial charge < -0.3 is 9.47 Å². The largest absolute Gasteiger partial charge is 0.473 e. The van der Waals surface area contributed by atoms with E-state index in [-0.39, 0.29) is 29.7 Å². The smallest absolute Gasteiger partial charge is 0.252 e. The van der Waals surface area contributed by atoms with E-state index in [1.165, 1.54) is 18.2 Å². The first-order valence-electron chi connectivity index (χ1n) is 8.31. The second-order valence-corrected chi connectivity index (χ2v) is 6.29. The van der Waals surface area contributed by atoms with Crippen LogP contribution in [0.15, 0.2) is 12.3 Å². The number of carbonyl (C=O) groups excluding carboxylic acids is 1. The van der Waals surface area contributed by atoms with Crippen LogP contribution >= 0.6 is 0 Å². The van der Waals surface area contributed by atoms with Crippen molar-refractivity contribution in [3.8, 4) is 5.88 Å². The van der Waals surface area contributed by atoms with Gasteiger partial charge >= 0.3 is 0 Å². The summed E-state index contributed by atoms with van der Waals surface area (Å²) >= 11 is 0. The average molecular weight is 338 g/mol. The van der Waals surface area contributed by atoms with Crippen LogP contribution < -0.4 is 4.74 Å². The Balaban J connectivity index is 1.74. The number of aromatic nitrogens is 1. The van der Waals surface area contributed by atoms with Gasteiger partial charge in [-0.05, 0) is 37.7 Å². The lowest BCUT2D eigenvalue weighted by atomic mass is 9.81. The molecule has 1 amide bonds. The summed E-state index contributed by atoms with van der Waals surface area (Å²) in [6.07, 6.45) is 4.09. The van der Waals surface area contributed by atoms with Crippen LogP contribution in [0.25, 0.3) is 0 Å². The number of rotatable bonds is 5. The Morgan fingerprint density at radius 2 is 2.08 bits per heavy atom.